The molecule has 2 aromatic heterocycles. The van der Waals surface area contributed by atoms with Gasteiger partial charge in [0.25, 0.3) is 5.91 Å². The minimum atomic E-state index is -0.192. The summed E-state index contributed by atoms with van der Waals surface area (Å²) in [7, 11) is 1.90. The maximum atomic E-state index is 12.2. The third-order valence-corrected chi connectivity index (χ3v) is 5.03. The Kier molecular flexibility index (Phi) is 5.38. The monoisotopic (exact) mass is 394 g/mol. The maximum absolute atomic E-state index is 12.2. The fourth-order valence-electron chi connectivity index (χ4n) is 3.41. The number of hydrogen-bond donors (Lipinski definition) is 1. The van der Waals surface area contributed by atoms with Crippen molar-refractivity contribution in [2.24, 2.45) is 7.05 Å². The Morgan fingerprint density at radius 1 is 1.24 bits per heavy atom. The summed E-state index contributed by atoms with van der Waals surface area (Å²) in [6.45, 7) is 4.97. The summed E-state index contributed by atoms with van der Waals surface area (Å²) in [5.41, 5.74) is 4.01. The van der Waals surface area contributed by atoms with E-state index in [2.05, 4.69) is 15.4 Å². The molecule has 1 saturated carbocycles. The molecule has 0 atom stereocenters. The first-order valence-corrected chi connectivity index (χ1v) is 10.0. The summed E-state index contributed by atoms with van der Waals surface area (Å²) in [6, 6.07) is 9.55. The van der Waals surface area contributed by atoms with E-state index in [1.165, 1.54) is 12.8 Å². The maximum Gasteiger partial charge on any atom is 0.258 e. The zero-order valence-corrected chi connectivity index (χ0v) is 17.1. The molecule has 1 N–H and O–H groups in total. The highest BCUT2D eigenvalue weighted by molar-refractivity contribution is 5.84. The fraction of sp³-hybridized carbons (Fsp3) is 0.409. The fourth-order valence-corrected chi connectivity index (χ4v) is 3.41. The number of ether oxygens (including phenoxy) is 2. The van der Waals surface area contributed by atoms with Gasteiger partial charge in [0.1, 0.15) is 5.75 Å². The van der Waals surface area contributed by atoms with Gasteiger partial charge in [0, 0.05) is 31.0 Å². The summed E-state index contributed by atoms with van der Waals surface area (Å²) < 4.78 is 12.9. The summed E-state index contributed by atoms with van der Waals surface area (Å²) in [6.07, 6.45) is 2.39. The van der Waals surface area contributed by atoms with Gasteiger partial charge in [-0.3, -0.25) is 9.48 Å². The van der Waals surface area contributed by atoms with Crippen LogP contribution in [0.5, 0.6) is 11.6 Å². The second-order valence-electron chi connectivity index (χ2n) is 7.40. The highest BCUT2D eigenvalue weighted by atomic mass is 16.5. The van der Waals surface area contributed by atoms with Crippen molar-refractivity contribution >= 4 is 16.9 Å². The van der Waals surface area contributed by atoms with Crippen molar-refractivity contribution in [3.8, 4) is 11.6 Å². The molecule has 2 heterocycles. The van der Waals surface area contributed by atoms with Crippen molar-refractivity contribution < 1.29 is 14.3 Å². The molecule has 7 nitrogen and oxygen atoms in total. The molecule has 0 radical (unpaired) electrons. The number of nitrogens with zero attached hydrogens (tertiary/aromatic N) is 3. The normalized spacial score (nSPS) is 13.5. The highest BCUT2D eigenvalue weighted by Crippen LogP contribution is 2.43. The van der Waals surface area contributed by atoms with Crippen LogP contribution in [-0.2, 0) is 18.4 Å². The van der Waals surface area contributed by atoms with Crippen LogP contribution in [-0.4, -0.2) is 33.9 Å². The van der Waals surface area contributed by atoms with Crippen molar-refractivity contribution in [3.63, 3.8) is 0 Å². The number of pyridine rings is 1. The number of nitrogens with one attached hydrogen (secondary N) is 1. The van der Waals surface area contributed by atoms with Gasteiger partial charge in [0.15, 0.2) is 12.3 Å². The Labute approximate surface area is 170 Å². The minimum Gasteiger partial charge on any atom is -0.494 e. The molecule has 0 unspecified atom stereocenters. The van der Waals surface area contributed by atoms with Gasteiger partial charge in [-0.25, -0.2) is 0 Å². The van der Waals surface area contributed by atoms with Gasteiger partial charge >= 0.3 is 0 Å². The third kappa shape index (κ3) is 4.34. The van der Waals surface area contributed by atoms with Crippen LogP contribution in [0.3, 0.4) is 0 Å². The van der Waals surface area contributed by atoms with E-state index < -0.39 is 0 Å². The lowest BCUT2D eigenvalue weighted by molar-refractivity contribution is -0.123. The molecule has 1 fully saturated rings. The van der Waals surface area contributed by atoms with Gasteiger partial charge in [-0.15, -0.1) is 0 Å². The van der Waals surface area contributed by atoms with Gasteiger partial charge in [0.05, 0.1) is 12.3 Å². The lowest BCUT2D eigenvalue weighted by Gasteiger charge is -2.09. The van der Waals surface area contributed by atoms with Gasteiger partial charge in [-0.1, -0.05) is 12.1 Å². The molecule has 29 heavy (non-hydrogen) atoms. The molecule has 1 aliphatic carbocycles. The van der Waals surface area contributed by atoms with E-state index in [9.17, 15) is 4.79 Å². The standard InChI is InChI=1S/C22H26N4O3/c1-4-28-17-9-5-15(6-10-17)12-23-18(27)13-29-19-11-14(2)20-21(16-7-8-16)25-26(3)22(20)24-19/h5-6,9-11,16H,4,7-8,12-13H2,1-3H3,(H,23,27). The summed E-state index contributed by atoms with van der Waals surface area (Å²) in [5.74, 6) is 1.63. The molecule has 1 aliphatic rings. The first kappa shape index (κ1) is 19.2. The lowest BCUT2D eigenvalue weighted by Crippen LogP contribution is -2.28. The number of benzene rings is 1. The number of amides is 1. The Morgan fingerprint density at radius 3 is 2.69 bits per heavy atom. The van der Waals surface area contributed by atoms with E-state index in [-0.39, 0.29) is 12.5 Å². The second kappa shape index (κ2) is 8.11. The molecule has 0 bridgehead atoms. The first-order chi connectivity index (χ1) is 14.0. The Hall–Kier alpha value is -3.09. The van der Waals surface area contributed by atoms with E-state index in [1.54, 1.807) is 4.68 Å². The first-order valence-electron chi connectivity index (χ1n) is 10.0. The third-order valence-electron chi connectivity index (χ3n) is 5.03. The van der Waals surface area contributed by atoms with E-state index in [0.717, 1.165) is 33.6 Å². The van der Waals surface area contributed by atoms with Gasteiger partial charge in [-0.05, 0) is 49.9 Å². The van der Waals surface area contributed by atoms with E-state index in [4.69, 9.17) is 9.47 Å². The number of aromatic nitrogens is 3. The number of carbonyl (C=O) groups excluding carboxylic acids is 1. The van der Waals surface area contributed by atoms with Crippen LogP contribution in [0.15, 0.2) is 30.3 Å². The van der Waals surface area contributed by atoms with Gasteiger partial charge in [-0.2, -0.15) is 10.1 Å². The highest BCUT2D eigenvalue weighted by Gasteiger charge is 2.30. The average Bonchev–Trinajstić information content (AvgIpc) is 3.50. The van der Waals surface area contributed by atoms with E-state index in [1.807, 2.05) is 51.2 Å². The van der Waals surface area contributed by atoms with Crippen LogP contribution in [0, 0.1) is 6.92 Å². The average molecular weight is 394 g/mol. The van der Waals surface area contributed by atoms with Crippen molar-refractivity contribution in [1.29, 1.82) is 0 Å². The van der Waals surface area contributed by atoms with Crippen LogP contribution in [0.1, 0.15) is 42.5 Å². The molecule has 0 saturated heterocycles. The minimum absolute atomic E-state index is 0.0810. The quantitative estimate of drug-likeness (QED) is 0.635. The van der Waals surface area contributed by atoms with Gasteiger partial charge < -0.3 is 14.8 Å². The summed E-state index contributed by atoms with van der Waals surface area (Å²) in [4.78, 5) is 16.7. The largest absolute Gasteiger partial charge is 0.494 e. The zero-order chi connectivity index (χ0) is 20.4. The molecule has 152 valence electrons. The van der Waals surface area contributed by atoms with E-state index >= 15 is 0 Å². The van der Waals surface area contributed by atoms with Crippen LogP contribution in [0.25, 0.3) is 11.0 Å². The van der Waals surface area contributed by atoms with Crippen molar-refractivity contribution in [3.05, 3.63) is 47.2 Å². The van der Waals surface area contributed by atoms with E-state index in [0.29, 0.717) is 24.9 Å². The van der Waals surface area contributed by atoms with Crippen LogP contribution < -0.4 is 14.8 Å². The number of rotatable bonds is 8. The zero-order valence-electron chi connectivity index (χ0n) is 17.1. The molecule has 4 rings (SSSR count). The molecular weight excluding hydrogens is 368 g/mol. The number of hydrogen-bond acceptors (Lipinski definition) is 5. The number of fused-ring (bicyclic) bond motifs is 1. The summed E-state index contributed by atoms with van der Waals surface area (Å²) in [5, 5.41) is 8.61. The molecule has 0 spiro atoms. The molecule has 1 aromatic carbocycles. The Balaban J connectivity index is 1.35. The predicted octanol–water partition coefficient (Wildman–Crippen LogP) is 3.25. The smallest absolute Gasteiger partial charge is 0.258 e. The Bertz CT molecular complexity index is 1020. The molecule has 1 amide bonds. The van der Waals surface area contributed by atoms with Crippen LogP contribution in [0.2, 0.25) is 0 Å². The molecular formula is C22H26N4O3. The topological polar surface area (TPSA) is 78.3 Å². The van der Waals surface area contributed by atoms with Crippen LogP contribution in [0.4, 0.5) is 0 Å². The van der Waals surface area contributed by atoms with Crippen molar-refractivity contribution in [2.45, 2.75) is 39.2 Å². The molecule has 0 aliphatic heterocycles. The predicted molar refractivity (Wildman–Crippen MR) is 110 cm³/mol. The van der Waals surface area contributed by atoms with Crippen molar-refractivity contribution in [1.82, 2.24) is 20.1 Å². The molecule has 7 heteroatoms. The SMILES string of the molecule is CCOc1ccc(CNC(=O)COc2cc(C)c3c(C4CC4)nn(C)c3n2)cc1. The van der Waals surface area contributed by atoms with Gasteiger partial charge in [0.2, 0.25) is 5.88 Å². The van der Waals surface area contributed by atoms with Crippen molar-refractivity contribution in [2.75, 3.05) is 13.2 Å². The second-order valence-corrected chi connectivity index (χ2v) is 7.40. The number of aryl methyl sites for hydroxylation is 2. The number of carbonyl (C=O) groups is 1. The lowest BCUT2D eigenvalue weighted by atomic mass is 10.1. The summed E-state index contributed by atoms with van der Waals surface area (Å²) >= 11 is 0. The van der Waals surface area contributed by atoms with Crippen LogP contribution >= 0.6 is 0 Å². The molecule has 3 aromatic rings. The Morgan fingerprint density at radius 2 is 2.00 bits per heavy atom.